The van der Waals surface area contributed by atoms with Gasteiger partial charge in [-0.2, -0.15) is 0 Å². The fraction of sp³-hybridized carbons (Fsp3) is 0.211. The van der Waals surface area contributed by atoms with Gasteiger partial charge in [-0.15, -0.1) is 0 Å². The number of hydrogen-bond acceptors (Lipinski definition) is 6. The first kappa shape index (κ1) is 19.7. The average molecular weight is 402 g/mol. The molecule has 0 saturated carbocycles. The van der Waals surface area contributed by atoms with Gasteiger partial charge < -0.3 is 10.6 Å². The summed E-state index contributed by atoms with van der Waals surface area (Å²) in [6.07, 6.45) is 2.51. The first-order valence-corrected chi connectivity index (χ1v) is 10.4. The molecule has 7 nitrogen and oxygen atoms in total. The highest BCUT2D eigenvalue weighted by Crippen LogP contribution is 2.27. The van der Waals surface area contributed by atoms with Crippen LogP contribution in [-0.4, -0.2) is 30.5 Å². The molecule has 0 bridgehead atoms. The number of carbonyl (C=O) groups excluding carboxylic acids is 1. The van der Waals surface area contributed by atoms with Crippen molar-refractivity contribution in [3.8, 4) is 0 Å². The maximum absolute atomic E-state index is 14.5. The van der Waals surface area contributed by atoms with Crippen LogP contribution in [0.1, 0.15) is 18.9 Å². The predicted octanol–water partition coefficient (Wildman–Crippen LogP) is 2.70. The summed E-state index contributed by atoms with van der Waals surface area (Å²) in [5, 5.41) is 0.102. The third kappa shape index (κ3) is 3.94. The maximum atomic E-state index is 14.5. The fourth-order valence-corrected chi connectivity index (χ4v) is 3.72. The fourth-order valence-electron chi connectivity index (χ4n) is 2.91. The zero-order valence-electron chi connectivity index (χ0n) is 15.4. The number of benzene rings is 1. The molecule has 2 aromatic heterocycles. The number of anilines is 2. The van der Waals surface area contributed by atoms with Crippen LogP contribution in [0.4, 0.5) is 15.9 Å². The molecule has 28 heavy (non-hydrogen) atoms. The van der Waals surface area contributed by atoms with Gasteiger partial charge in [-0.05, 0) is 42.0 Å². The zero-order valence-corrected chi connectivity index (χ0v) is 16.2. The van der Waals surface area contributed by atoms with Crippen molar-refractivity contribution in [3.63, 3.8) is 0 Å². The Kier molecular flexibility index (Phi) is 5.28. The van der Waals surface area contributed by atoms with Crippen LogP contribution in [0.25, 0.3) is 10.9 Å². The second-order valence-corrected chi connectivity index (χ2v) is 8.24. The summed E-state index contributed by atoms with van der Waals surface area (Å²) in [6, 6.07) is 9.02. The number of sulfone groups is 1. The highest BCUT2D eigenvalue weighted by atomic mass is 32.2. The molecule has 0 radical (unpaired) electrons. The standard InChI is InChI=1S/C19H19FN4O3S/c1-3-18(25)24(16-5-4-8-22-19(16)28(2,26)27)11-12-9-14(20)13-6-7-17(21)23-15(13)10-12/h4-10H,3,11H2,1-2H3,(H2,21,23). The molecule has 0 aliphatic rings. The monoisotopic (exact) mass is 402 g/mol. The number of pyridine rings is 2. The maximum Gasteiger partial charge on any atom is 0.227 e. The van der Waals surface area contributed by atoms with Crippen molar-refractivity contribution < 1.29 is 17.6 Å². The van der Waals surface area contributed by atoms with Crippen molar-refractivity contribution >= 4 is 38.2 Å². The summed E-state index contributed by atoms with van der Waals surface area (Å²) in [6.45, 7) is 1.62. The molecule has 0 atom stereocenters. The number of carbonyl (C=O) groups is 1. The van der Waals surface area contributed by atoms with E-state index < -0.39 is 15.7 Å². The number of nitrogens with zero attached hydrogens (tertiary/aromatic N) is 3. The van der Waals surface area contributed by atoms with Gasteiger partial charge in [0.2, 0.25) is 5.91 Å². The molecule has 146 valence electrons. The summed E-state index contributed by atoms with van der Waals surface area (Å²) >= 11 is 0. The smallest absolute Gasteiger partial charge is 0.227 e. The summed E-state index contributed by atoms with van der Waals surface area (Å²) in [7, 11) is -3.67. The summed E-state index contributed by atoms with van der Waals surface area (Å²) in [5.74, 6) is -0.575. The Morgan fingerprint density at radius 2 is 2.00 bits per heavy atom. The van der Waals surface area contributed by atoms with E-state index in [9.17, 15) is 17.6 Å². The Bertz CT molecular complexity index is 1170. The van der Waals surface area contributed by atoms with Gasteiger partial charge in [0.05, 0.1) is 17.7 Å². The number of nitrogen functional groups attached to an aromatic ring is 1. The second kappa shape index (κ2) is 7.51. The van der Waals surface area contributed by atoms with E-state index in [0.717, 1.165) is 6.26 Å². The molecule has 0 spiro atoms. The molecule has 0 fully saturated rings. The van der Waals surface area contributed by atoms with Crippen LogP contribution in [0.5, 0.6) is 0 Å². The van der Waals surface area contributed by atoms with Gasteiger partial charge in [-0.25, -0.2) is 22.8 Å². The lowest BCUT2D eigenvalue weighted by Gasteiger charge is -2.24. The molecule has 0 saturated heterocycles. The van der Waals surface area contributed by atoms with Crippen molar-refractivity contribution in [2.75, 3.05) is 16.9 Å². The van der Waals surface area contributed by atoms with E-state index >= 15 is 0 Å². The van der Waals surface area contributed by atoms with Crippen LogP contribution in [0.2, 0.25) is 0 Å². The molecule has 0 aliphatic heterocycles. The van der Waals surface area contributed by atoms with E-state index in [4.69, 9.17) is 5.73 Å². The molecule has 1 amide bonds. The minimum Gasteiger partial charge on any atom is -0.384 e. The zero-order chi connectivity index (χ0) is 20.5. The lowest BCUT2D eigenvalue weighted by atomic mass is 10.1. The Labute approximate surface area is 161 Å². The molecule has 1 aromatic carbocycles. The lowest BCUT2D eigenvalue weighted by molar-refractivity contribution is -0.118. The van der Waals surface area contributed by atoms with Crippen molar-refractivity contribution in [2.45, 2.75) is 24.9 Å². The molecular weight excluding hydrogens is 383 g/mol. The van der Waals surface area contributed by atoms with Gasteiger partial charge in [0.25, 0.3) is 0 Å². The van der Waals surface area contributed by atoms with Gasteiger partial charge in [0.1, 0.15) is 11.6 Å². The molecule has 9 heteroatoms. The number of amides is 1. The predicted molar refractivity (Wildman–Crippen MR) is 105 cm³/mol. The van der Waals surface area contributed by atoms with Crippen LogP contribution in [0.3, 0.4) is 0 Å². The quantitative estimate of drug-likeness (QED) is 0.703. The van der Waals surface area contributed by atoms with Gasteiger partial charge in [0.15, 0.2) is 14.9 Å². The Morgan fingerprint density at radius 3 is 2.68 bits per heavy atom. The lowest BCUT2D eigenvalue weighted by Crippen LogP contribution is -2.31. The van der Waals surface area contributed by atoms with Crippen molar-refractivity contribution in [1.82, 2.24) is 9.97 Å². The van der Waals surface area contributed by atoms with E-state index in [-0.39, 0.29) is 35.4 Å². The topological polar surface area (TPSA) is 106 Å². The van der Waals surface area contributed by atoms with E-state index in [2.05, 4.69) is 9.97 Å². The van der Waals surface area contributed by atoms with Gasteiger partial charge in [0, 0.05) is 24.3 Å². The SMILES string of the molecule is CCC(=O)N(Cc1cc(F)c2ccc(N)nc2c1)c1cccnc1S(C)(=O)=O. The van der Waals surface area contributed by atoms with Crippen molar-refractivity contribution in [3.05, 3.63) is 54.0 Å². The normalized spacial score (nSPS) is 11.5. The molecule has 3 aromatic rings. The molecule has 0 aliphatic carbocycles. The minimum atomic E-state index is -3.67. The van der Waals surface area contributed by atoms with Crippen molar-refractivity contribution in [1.29, 1.82) is 0 Å². The van der Waals surface area contributed by atoms with Gasteiger partial charge in [-0.1, -0.05) is 6.92 Å². The third-order valence-corrected chi connectivity index (χ3v) is 5.19. The average Bonchev–Trinajstić information content (AvgIpc) is 2.64. The first-order chi connectivity index (χ1) is 13.2. The Hall–Kier alpha value is -3.07. The Balaban J connectivity index is 2.11. The summed E-state index contributed by atoms with van der Waals surface area (Å²) < 4.78 is 38.7. The van der Waals surface area contributed by atoms with E-state index in [1.807, 2.05) is 0 Å². The molecular formula is C19H19FN4O3S. The third-order valence-electron chi connectivity index (χ3n) is 4.18. The van der Waals surface area contributed by atoms with Crippen LogP contribution in [-0.2, 0) is 21.2 Å². The first-order valence-electron chi connectivity index (χ1n) is 8.50. The number of nitrogens with two attached hydrogens (primary N) is 1. The van der Waals surface area contributed by atoms with Crippen LogP contribution in [0, 0.1) is 5.82 Å². The minimum absolute atomic E-state index is 0.0375. The molecule has 2 heterocycles. The Morgan fingerprint density at radius 1 is 1.25 bits per heavy atom. The second-order valence-electron chi connectivity index (χ2n) is 6.31. The van der Waals surface area contributed by atoms with Crippen LogP contribution in [0.15, 0.2) is 47.6 Å². The van der Waals surface area contributed by atoms with E-state index in [1.54, 1.807) is 19.1 Å². The van der Waals surface area contributed by atoms with Crippen LogP contribution < -0.4 is 10.6 Å². The van der Waals surface area contributed by atoms with Crippen molar-refractivity contribution in [2.24, 2.45) is 0 Å². The molecule has 0 unspecified atom stereocenters. The summed E-state index contributed by atoms with van der Waals surface area (Å²) in [4.78, 5) is 21.9. The van der Waals surface area contributed by atoms with Crippen LogP contribution >= 0.6 is 0 Å². The van der Waals surface area contributed by atoms with Gasteiger partial charge in [-0.3, -0.25) is 4.79 Å². The molecule has 2 N–H and O–H groups in total. The number of aromatic nitrogens is 2. The highest BCUT2D eigenvalue weighted by molar-refractivity contribution is 7.90. The number of halogens is 1. The number of hydrogen-bond donors (Lipinski definition) is 1. The molecule has 3 rings (SSSR count). The number of fused-ring (bicyclic) bond motifs is 1. The van der Waals surface area contributed by atoms with Gasteiger partial charge >= 0.3 is 0 Å². The van der Waals surface area contributed by atoms with E-state index in [0.29, 0.717) is 16.5 Å². The summed E-state index contributed by atoms with van der Waals surface area (Å²) in [5.41, 5.74) is 6.64. The number of rotatable bonds is 5. The van der Waals surface area contributed by atoms with E-state index in [1.165, 1.54) is 35.4 Å². The highest BCUT2D eigenvalue weighted by Gasteiger charge is 2.24. The largest absolute Gasteiger partial charge is 0.384 e.